The molecule has 0 aromatic heterocycles. The Labute approximate surface area is 115 Å². The maximum Gasteiger partial charge on any atom is 0.207 e. The zero-order valence-corrected chi connectivity index (χ0v) is 11.9. The largest absolute Gasteiger partial charge is 0.497 e. The average Bonchev–Trinajstić information content (AvgIpc) is 2.43. The van der Waals surface area contributed by atoms with Crippen molar-refractivity contribution in [3.63, 3.8) is 0 Å². The van der Waals surface area contributed by atoms with Crippen molar-refractivity contribution in [3.8, 4) is 17.7 Å². The second-order valence-corrected chi connectivity index (χ2v) is 5.19. The second kappa shape index (κ2) is 8.72. The molecule has 0 N–H and O–H groups in total. The lowest BCUT2D eigenvalue weighted by Gasteiger charge is -2.06. The number of aliphatic imine (C=N–C) groups is 1. The maximum absolute atomic E-state index is 8.44. The smallest absolute Gasteiger partial charge is 0.207 e. The number of benzene rings is 1. The van der Waals surface area contributed by atoms with Crippen LogP contribution in [0.3, 0.4) is 0 Å². The molecule has 0 aliphatic carbocycles. The molecular formula is C12H14N2O2S2. The van der Waals surface area contributed by atoms with E-state index >= 15 is 0 Å². The molecule has 6 heteroatoms. The van der Waals surface area contributed by atoms with E-state index in [0.29, 0.717) is 6.61 Å². The first-order chi connectivity index (χ1) is 8.80. The number of nitrogens with zero attached hydrogens (tertiary/aromatic N) is 2. The molecule has 0 saturated carbocycles. The molecule has 0 radical (unpaired) electrons. The minimum Gasteiger partial charge on any atom is -0.497 e. The normalized spacial score (nSPS) is 10.8. The van der Waals surface area contributed by atoms with Gasteiger partial charge in [-0.3, -0.25) is 0 Å². The fourth-order valence-electron chi connectivity index (χ4n) is 1.14. The summed E-state index contributed by atoms with van der Waals surface area (Å²) in [6.07, 6.45) is 3.68. The van der Waals surface area contributed by atoms with Gasteiger partial charge in [0, 0.05) is 5.75 Å². The molecular weight excluding hydrogens is 268 g/mol. The van der Waals surface area contributed by atoms with Gasteiger partial charge < -0.3 is 9.47 Å². The molecule has 0 aliphatic heterocycles. The average molecular weight is 282 g/mol. The summed E-state index contributed by atoms with van der Waals surface area (Å²) in [4.78, 5) is 3.69. The van der Waals surface area contributed by atoms with E-state index in [1.165, 1.54) is 23.5 Å². The van der Waals surface area contributed by atoms with E-state index in [0.717, 1.165) is 21.6 Å². The van der Waals surface area contributed by atoms with Crippen LogP contribution in [-0.4, -0.2) is 30.1 Å². The lowest BCUT2D eigenvalue weighted by Crippen LogP contribution is -2.01. The monoisotopic (exact) mass is 282 g/mol. The van der Waals surface area contributed by atoms with Crippen LogP contribution >= 0.6 is 23.5 Å². The Kier molecular flexibility index (Phi) is 7.14. The fourth-order valence-corrected chi connectivity index (χ4v) is 2.44. The van der Waals surface area contributed by atoms with Crippen molar-refractivity contribution in [2.24, 2.45) is 4.99 Å². The predicted octanol–water partition coefficient (Wildman–Crippen LogP) is 3.01. The maximum atomic E-state index is 8.44. The third-order valence-electron chi connectivity index (χ3n) is 1.95. The summed E-state index contributed by atoms with van der Waals surface area (Å²) in [5.74, 6) is 2.37. The van der Waals surface area contributed by atoms with E-state index in [1.54, 1.807) is 13.3 Å². The number of methoxy groups -OCH3 is 1. The Hall–Kier alpha value is -1.32. The van der Waals surface area contributed by atoms with Gasteiger partial charge in [-0.2, -0.15) is 10.3 Å². The lowest BCUT2D eigenvalue weighted by molar-refractivity contribution is 0.343. The van der Waals surface area contributed by atoms with E-state index in [9.17, 15) is 0 Å². The van der Waals surface area contributed by atoms with Gasteiger partial charge in [0.05, 0.1) is 13.7 Å². The van der Waals surface area contributed by atoms with Crippen LogP contribution in [0.1, 0.15) is 0 Å². The minimum atomic E-state index is 0.571. The Morgan fingerprint density at radius 3 is 2.56 bits per heavy atom. The Balaban J connectivity index is 2.29. The topological polar surface area (TPSA) is 54.6 Å². The van der Waals surface area contributed by atoms with Crippen molar-refractivity contribution in [1.82, 2.24) is 0 Å². The Bertz CT molecular complexity index is 427. The van der Waals surface area contributed by atoms with Crippen LogP contribution in [0.15, 0.2) is 29.3 Å². The first-order valence-electron chi connectivity index (χ1n) is 5.20. The molecule has 1 aromatic rings. The molecule has 0 aliphatic rings. The molecule has 0 unspecified atom stereocenters. The van der Waals surface area contributed by atoms with Gasteiger partial charge >= 0.3 is 0 Å². The van der Waals surface area contributed by atoms with Crippen molar-refractivity contribution in [1.29, 1.82) is 5.26 Å². The third kappa shape index (κ3) is 5.34. The molecule has 0 amide bonds. The highest BCUT2D eigenvalue weighted by atomic mass is 32.2. The van der Waals surface area contributed by atoms with Gasteiger partial charge in [-0.25, -0.2) is 0 Å². The molecule has 0 atom stereocenters. The van der Waals surface area contributed by atoms with Gasteiger partial charge in [-0.15, -0.1) is 11.8 Å². The molecule has 0 spiro atoms. The zero-order valence-electron chi connectivity index (χ0n) is 10.3. The third-order valence-corrected chi connectivity index (χ3v) is 3.96. The fraction of sp³-hybridized carbons (Fsp3) is 0.333. The SMILES string of the molecule is COc1ccc(OCCSC(=NC#N)SC)cc1. The molecule has 0 heterocycles. The summed E-state index contributed by atoms with van der Waals surface area (Å²) in [6.45, 7) is 0.571. The summed E-state index contributed by atoms with van der Waals surface area (Å²) in [5, 5.41) is 8.44. The Morgan fingerprint density at radius 2 is 2.00 bits per heavy atom. The summed E-state index contributed by atoms with van der Waals surface area (Å²) in [6, 6.07) is 7.44. The second-order valence-electron chi connectivity index (χ2n) is 3.05. The van der Waals surface area contributed by atoms with Gasteiger partial charge in [-0.1, -0.05) is 11.8 Å². The van der Waals surface area contributed by atoms with E-state index < -0.39 is 0 Å². The molecule has 4 nitrogen and oxygen atoms in total. The number of thioether (sulfide) groups is 2. The molecule has 0 fully saturated rings. The van der Waals surface area contributed by atoms with Crippen LogP contribution in [0, 0.1) is 11.5 Å². The van der Waals surface area contributed by atoms with Crippen molar-refractivity contribution in [3.05, 3.63) is 24.3 Å². The van der Waals surface area contributed by atoms with Gasteiger partial charge in [0.1, 0.15) is 15.9 Å². The van der Waals surface area contributed by atoms with Crippen molar-refractivity contribution in [2.75, 3.05) is 25.7 Å². The Morgan fingerprint density at radius 1 is 1.33 bits per heavy atom. The number of hydrogen-bond donors (Lipinski definition) is 0. The van der Waals surface area contributed by atoms with Crippen LogP contribution in [0.25, 0.3) is 0 Å². The van der Waals surface area contributed by atoms with Crippen molar-refractivity contribution < 1.29 is 9.47 Å². The highest BCUT2D eigenvalue weighted by Crippen LogP contribution is 2.18. The number of nitriles is 1. The first-order valence-corrected chi connectivity index (χ1v) is 7.41. The van der Waals surface area contributed by atoms with E-state index in [2.05, 4.69) is 4.99 Å². The van der Waals surface area contributed by atoms with Crippen LogP contribution in [0.2, 0.25) is 0 Å². The number of hydrogen-bond acceptors (Lipinski definition) is 6. The molecule has 0 saturated heterocycles. The quantitative estimate of drug-likeness (QED) is 0.359. The molecule has 1 rings (SSSR count). The highest BCUT2D eigenvalue weighted by Gasteiger charge is 1.99. The number of rotatable bonds is 5. The summed E-state index contributed by atoms with van der Waals surface area (Å²) in [7, 11) is 1.63. The van der Waals surface area contributed by atoms with Gasteiger partial charge in [0.15, 0.2) is 0 Å². The first kappa shape index (κ1) is 14.7. The molecule has 18 heavy (non-hydrogen) atoms. The van der Waals surface area contributed by atoms with Crippen molar-refractivity contribution >= 4 is 27.9 Å². The highest BCUT2D eigenvalue weighted by molar-refractivity contribution is 8.38. The van der Waals surface area contributed by atoms with Crippen LogP contribution < -0.4 is 9.47 Å². The van der Waals surface area contributed by atoms with E-state index in [1.807, 2.05) is 30.5 Å². The van der Waals surface area contributed by atoms with E-state index in [4.69, 9.17) is 14.7 Å². The predicted molar refractivity (Wildman–Crippen MR) is 77.5 cm³/mol. The minimum absolute atomic E-state index is 0.571. The lowest BCUT2D eigenvalue weighted by atomic mass is 10.3. The van der Waals surface area contributed by atoms with Gasteiger partial charge in [0.25, 0.3) is 0 Å². The van der Waals surface area contributed by atoms with Gasteiger partial charge in [-0.05, 0) is 30.5 Å². The van der Waals surface area contributed by atoms with Crippen LogP contribution in [0.5, 0.6) is 11.5 Å². The zero-order chi connectivity index (χ0) is 13.2. The molecule has 0 bridgehead atoms. The van der Waals surface area contributed by atoms with Crippen molar-refractivity contribution in [2.45, 2.75) is 0 Å². The molecule has 1 aromatic carbocycles. The van der Waals surface area contributed by atoms with Crippen LogP contribution in [0.4, 0.5) is 0 Å². The van der Waals surface area contributed by atoms with Gasteiger partial charge in [0.2, 0.25) is 6.19 Å². The summed E-state index contributed by atoms with van der Waals surface area (Å²) in [5.41, 5.74) is 0. The summed E-state index contributed by atoms with van der Waals surface area (Å²) >= 11 is 2.98. The molecule has 96 valence electrons. The van der Waals surface area contributed by atoms with Crippen LogP contribution in [-0.2, 0) is 0 Å². The summed E-state index contributed by atoms with van der Waals surface area (Å²) < 4.78 is 11.4. The number of ether oxygens (including phenoxy) is 2. The van der Waals surface area contributed by atoms with E-state index in [-0.39, 0.29) is 0 Å². The standard InChI is InChI=1S/C12H14N2O2S2/c1-15-10-3-5-11(6-4-10)16-7-8-18-12(17-2)14-9-13/h3-6H,7-8H2,1-2H3.